The molecule has 0 radical (unpaired) electrons. The SMILES string of the molecule is CC(=O)OCC1O[C@H](CCCCCC(=O)O)C(C)[C@@H](C)[C@H]1OC(C)=O. The Kier molecular flexibility index (Phi) is 8.89. The number of carbonyl (C=O) groups is 3. The van der Waals surface area contributed by atoms with Crippen molar-refractivity contribution in [1.82, 2.24) is 0 Å². The zero-order valence-electron chi connectivity index (χ0n) is 15.5. The molecular weight excluding hydrogens is 328 g/mol. The van der Waals surface area contributed by atoms with Crippen molar-refractivity contribution < 1.29 is 33.7 Å². The molecule has 1 heterocycles. The molecule has 2 unspecified atom stereocenters. The molecule has 0 aromatic heterocycles. The second kappa shape index (κ2) is 10.4. The van der Waals surface area contributed by atoms with Crippen LogP contribution in [-0.2, 0) is 28.6 Å². The van der Waals surface area contributed by atoms with Crippen LogP contribution < -0.4 is 0 Å². The van der Waals surface area contributed by atoms with Gasteiger partial charge in [-0.05, 0) is 18.8 Å². The van der Waals surface area contributed by atoms with E-state index in [0.29, 0.717) is 6.42 Å². The van der Waals surface area contributed by atoms with Crippen LogP contribution in [0.25, 0.3) is 0 Å². The van der Waals surface area contributed by atoms with Crippen molar-refractivity contribution in [2.75, 3.05) is 6.61 Å². The highest BCUT2D eigenvalue weighted by Crippen LogP contribution is 2.35. The highest BCUT2D eigenvalue weighted by atomic mass is 16.6. The number of hydrogen-bond acceptors (Lipinski definition) is 6. The van der Waals surface area contributed by atoms with Crippen molar-refractivity contribution in [3.63, 3.8) is 0 Å². The fourth-order valence-corrected chi connectivity index (χ4v) is 3.24. The maximum absolute atomic E-state index is 11.4. The van der Waals surface area contributed by atoms with Crippen molar-refractivity contribution in [2.24, 2.45) is 11.8 Å². The molecule has 1 saturated heterocycles. The summed E-state index contributed by atoms with van der Waals surface area (Å²) in [6.07, 6.45) is 2.36. The first-order chi connectivity index (χ1) is 11.7. The number of carboxylic acids is 1. The standard InChI is InChI=1S/C18H30O7/c1-11-12(2)18(24-14(4)20)16(10-23-13(3)19)25-15(11)8-6-5-7-9-17(21)22/h11-12,15-16,18H,5-10H2,1-4H3,(H,21,22)/t11?,12-,15-,16?,18-/m1/s1. The molecule has 7 heteroatoms. The normalized spacial score (nSPS) is 29.0. The Labute approximate surface area is 149 Å². The number of aliphatic carboxylic acids is 1. The fraction of sp³-hybridized carbons (Fsp3) is 0.833. The smallest absolute Gasteiger partial charge is 0.303 e. The van der Waals surface area contributed by atoms with E-state index in [1.165, 1.54) is 13.8 Å². The van der Waals surface area contributed by atoms with Gasteiger partial charge in [-0.25, -0.2) is 0 Å². The van der Waals surface area contributed by atoms with Gasteiger partial charge in [0.2, 0.25) is 0 Å². The van der Waals surface area contributed by atoms with Crippen LogP contribution in [0.2, 0.25) is 0 Å². The highest BCUT2D eigenvalue weighted by molar-refractivity contribution is 5.67. The molecule has 1 fully saturated rings. The van der Waals surface area contributed by atoms with Crippen LogP contribution in [0.5, 0.6) is 0 Å². The van der Waals surface area contributed by atoms with E-state index in [0.717, 1.165) is 19.3 Å². The zero-order chi connectivity index (χ0) is 19.0. The summed E-state index contributed by atoms with van der Waals surface area (Å²) in [5.74, 6) is -1.31. The van der Waals surface area contributed by atoms with Crippen LogP contribution in [0, 0.1) is 11.8 Å². The number of rotatable bonds is 9. The summed E-state index contributed by atoms with van der Waals surface area (Å²) < 4.78 is 16.6. The Morgan fingerprint density at radius 3 is 2.20 bits per heavy atom. The minimum Gasteiger partial charge on any atom is -0.481 e. The minimum absolute atomic E-state index is 0.0350. The number of hydrogen-bond donors (Lipinski definition) is 1. The Bertz CT molecular complexity index is 462. The van der Waals surface area contributed by atoms with Gasteiger partial charge in [0, 0.05) is 26.2 Å². The van der Waals surface area contributed by atoms with E-state index in [1.807, 2.05) is 6.92 Å². The maximum Gasteiger partial charge on any atom is 0.303 e. The lowest BCUT2D eigenvalue weighted by molar-refractivity contribution is -0.206. The van der Waals surface area contributed by atoms with Gasteiger partial charge >= 0.3 is 17.9 Å². The summed E-state index contributed by atoms with van der Waals surface area (Å²) in [4.78, 5) is 33.0. The number of unbranched alkanes of at least 4 members (excludes halogenated alkanes) is 2. The molecule has 0 saturated carbocycles. The lowest BCUT2D eigenvalue weighted by atomic mass is 9.79. The van der Waals surface area contributed by atoms with Crippen molar-refractivity contribution in [1.29, 1.82) is 0 Å². The predicted octanol–water partition coefficient (Wildman–Crippen LogP) is 2.56. The number of carboxylic acid groups (broad SMARTS) is 1. The lowest BCUT2D eigenvalue weighted by Gasteiger charge is -2.44. The van der Waals surface area contributed by atoms with Gasteiger partial charge in [0.15, 0.2) is 0 Å². The van der Waals surface area contributed by atoms with Crippen molar-refractivity contribution in [2.45, 2.75) is 78.1 Å². The second-order valence-corrected chi connectivity index (χ2v) is 6.80. The zero-order valence-corrected chi connectivity index (χ0v) is 15.5. The summed E-state index contributed by atoms with van der Waals surface area (Å²) in [5, 5.41) is 8.67. The molecule has 5 atom stereocenters. The molecular formula is C18H30O7. The Hall–Kier alpha value is -1.63. The molecule has 1 rings (SSSR count). The van der Waals surface area contributed by atoms with Gasteiger partial charge in [-0.2, -0.15) is 0 Å². The third-order valence-corrected chi connectivity index (χ3v) is 4.78. The first kappa shape index (κ1) is 21.4. The van der Waals surface area contributed by atoms with Crippen LogP contribution in [0.15, 0.2) is 0 Å². The third kappa shape index (κ3) is 7.42. The van der Waals surface area contributed by atoms with Gasteiger partial charge in [-0.3, -0.25) is 14.4 Å². The van der Waals surface area contributed by atoms with E-state index < -0.39 is 24.1 Å². The van der Waals surface area contributed by atoms with Crippen molar-refractivity contribution in [3.8, 4) is 0 Å². The van der Waals surface area contributed by atoms with E-state index in [9.17, 15) is 14.4 Å². The Morgan fingerprint density at radius 1 is 0.960 bits per heavy atom. The second-order valence-electron chi connectivity index (χ2n) is 6.80. The van der Waals surface area contributed by atoms with E-state index >= 15 is 0 Å². The van der Waals surface area contributed by atoms with Crippen LogP contribution in [0.3, 0.4) is 0 Å². The summed E-state index contributed by atoms with van der Waals surface area (Å²) >= 11 is 0. The van der Waals surface area contributed by atoms with E-state index in [-0.39, 0.29) is 36.9 Å². The molecule has 0 amide bonds. The quantitative estimate of drug-likeness (QED) is 0.499. The molecule has 144 valence electrons. The topological polar surface area (TPSA) is 99.1 Å². The third-order valence-electron chi connectivity index (χ3n) is 4.78. The van der Waals surface area contributed by atoms with Gasteiger partial charge in [0.25, 0.3) is 0 Å². The first-order valence-corrected chi connectivity index (χ1v) is 8.90. The van der Waals surface area contributed by atoms with E-state index in [1.54, 1.807) is 0 Å². The molecule has 1 aliphatic rings. The molecule has 1 aliphatic heterocycles. The molecule has 1 N–H and O–H groups in total. The van der Waals surface area contributed by atoms with Crippen LogP contribution in [0.1, 0.15) is 59.8 Å². The number of ether oxygens (including phenoxy) is 3. The Balaban J connectivity index is 2.63. The minimum atomic E-state index is -0.776. The maximum atomic E-state index is 11.4. The van der Waals surface area contributed by atoms with Gasteiger partial charge in [0.05, 0.1) is 6.10 Å². The van der Waals surface area contributed by atoms with Crippen molar-refractivity contribution in [3.05, 3.63) is 0 Å². The molecule has 7 nitrogen and oxygen atoms in total. The highest BCUT2D eigenvalue weighted by Gasteiger charge is 2.43. The van der Waals surface area contributed by atoms with Crippen molar-refractivity contribution >= 4 is 17.9 Å². The fourth-order valence-electron chi connectivity index (χ4n) is 3.24. The van der Waals surface area contributed by atoms with Gasteiger partial charge in [-0.1, -0.05) is 26.7 Å². The largest absolute Gasteiger partial charge is 0.481 e. The van der Waals surface area contributed by atoms with E-state index in [4.69, 9.17) is 19.3 Å². The summed E-state index contributed by atoms with van der Waals surface area (Å²) in [5.41, 5.74) is 0. The molecule has 25 heavy (non-hydrogen) atoms. The summed E-state index contributed by atoms with van der Waals surface area (Å²) in [7, 11) is 0. The lowest BCUT2D eigenvalue weighted by Crippen LogP contribution is -2.52. The molecule has 0 aliphatic carbocycles. The number of carbonyl (C=O) groups excluding carboxylic acids is 2. The number of esters is 2. The molecule has 0 spiro atoms. The predicted molar refractivity (Wildman–Crippen MR) is 89.9 cm³/mol. The van der Waals surface area contributed by atoms with Gasteiger partial charge in [0.1, 0.15) is 18.8 Å². The van der Waals surface area contributed by atoms with Crippen LogP contribution >= 0.6 is 0 Å². The molecule has 0 bridgehead atoms. The monoisotopic (exact) mass is 358 g/mol. The average Bonchev–Trinajstić information content (AvgIpc) is 2.51. The molecule has 0 aromatic carbocycles. The summed E-state index contributed by atoms with van der Waals surface area (Å²) in [6, 6.07) is 0. The molecule has 0 aromatic rings. The first-order valence-electron chi connectivity index (χ1n) is 8.90. The van der Waals surface area contributed by atoms with Gasteiger partial charge in [-0.15, -0.1) is 0 Å². The average molecular weight is 358 g/mol. The summed E-state index contributed by atoms with van der Waals surface area (Å²) in [6.45, 7) is 6.81. The van der Waals surface area contributed by atoms with Crippen LogP contribution in [0.4, 0.5) is 0 Å². The van der Waals surface area contributed by atoms with Crippen LogP contribution in [-0.4, -0.2) is 47.9 Å². The Morgan fingerprint density at radius 2 is 1.64 bits per heavy atom. The van der Waals surface area contributed by atoms with E-state index in [2.05, 4.69) is 6.92 Å². The van der Waals surface area contributed by atoms with Gasteiger partial charge < -0.3 is 19.3 Å².